The molecule has 6 nitrogen and oxygen atoms in total. The molecule has 0 saturated heterocycles. The van der Waals surface area contributed by atoms with E-state index in [-0.39, 0.29) is 11.7 Å². The molecule has 1 aromatic carbocycles. The summed E-state index contributed by atoms with van der Waals surface area (Å²) in [7, 11) is 0. The summed E-state index contributed by atoms with van der Waals surface area (Å²) in [5.41, 5.74) is 0.237. The van der Waals surface area contributed by atoms with Crippen molar-refractivity contribution in [3.63, 3.8) is 0 Å². The molecule has 1 unspecified atom stereocenters. The van der Waals surface area contributed by atoms with E-state index < -0.39 is 18.0 Å². The molecule has 0 aliphatic carbocycles. The molecule has 0 aliphatic rings. The largest absolute Gasteiger partial charge is 0.481 e. The number of aliphatic carboxylic acids is 1. The van der Waals surface area contributed by atoms with Crippen LogP contribution in [-0.4, -0.2) is 26.2 Å². The molecule has 2 aromatic rings. The van der Waals surface area contributed by atoms with Crippen LogP contribution in [0.3, 0.4) is 0 Å². The number of carboxylic acids is 1. The highest BCUT2D eigenvalue weighted by Crippen LogP contribution is 2.31. The average Bonchev–Trinajstić information content (AvgIpc) is 2.97. The van der Waals surface area contributed by atoms with Gasteiger partial charge in [-0.3, -0.25) is 4.79 Å². The molecular weight excluding hydrogens is 296 g/mol. The Kier molecular flexibility index (Phi) is 5.52. The third-order valence-corrected chi connectivity index (χ3v) is 3.78. The lowest BCUT2D eigenvalue weighted by molar-refractivity contribution is -0.145. The molecule has 0 saturated carbocycles. The molecule has 1 atom stereocenters. The monoisotopic (exact) mass is 318 g/mol. The molecule has 0 bridgehead atoms. The van der Waals surface area contributed by atoms with Crippen LogP contribution in [0.5, 0.6) is 0 Å². The average molecular weight is 318 g/mol. The number of carboxylic acid groups (broad SMARTS) is 1. The molecule has 1 heterocycles. The molecule has 1 aromatic heterocycles. The molecule has 0 spiro atoms. The summed E-state index contributed by atoms with van der Waals surface area (Å²) in [6.45, 7) is 4.30. The first-order valence-corrected chi connectivity index (χ1v) is 7.52. The van der Waals surface area contributed by atoms with Gasteiger partial charge >= 0.3 is 5.97 Å². The summed E-state index contributed by atoms with van der Waals surface area (Å²) in [4.78, 5) is 18.1. The van der Waals surface area contributed by atoms with E-state index in [9.17, 15) is 9.90 Å². The minimum absolute atomic E-state index is 0.258. The van der Waals surface area contributed by atoms with Crippen molar-refractivity contribution in [3.8, 4) is 0 Å². The second-order valence-corrected chi connectivity index (χ2v) is 5.88. The van der Waals surface area contributed by atoms with Gasteiger partial charge in [0.25, 0.3) is 0 Å². The van der Waals surface area contributed by atoms with E-state index in [2.05, 4.69) is 9.97 Å². The number of benzene rings is 1. The highest BCUT2D eigenvalue weighted by Gasteiger charge is 2.38. The van der Waals surface area contributed by atoms with Gasteiger partial charge in [0, 0.05) is 0 Å². The van der Waals surface area contributed by atoms with Crippen molar-refractivity contribution in [2.24, 2.45) is 5.92 Å². The topological polar surface area (TPSA) is 95.4 Å². The zero-order valence-corrected chi connectivity index (χ0v) is 13.3. The summed E-state index contributed by atoms with van der Waals surface area (Å²) in [5, 5.41) is 19.6. The van der Waals surface area contributed by atoms with Gasteiger partial charge in [-0.05, 0) is 11.5 Å². The lowest BCUT2D eigenvalue weighted by Gasteiger charge is -2.28. The number of carbonyl (C=O) groups is 1. The maximum absolute atomic E-state index is 11.0. The van der Waals surface area contributed by atoms with Crippen molar-refractivity contribution >= 4 is 5.97 Å². The SMILES string of the molecule is CC(C)C(O)(CC(=O)O)c1ncc(COCc2ccccc2)[nH]1. The van der Waals surface area contributed by atoms with Crippen LogP contribution in [0.25, 0.3) is 0 Å². The molecule has 0 fully saturated rings. The predicted molar refractivity (Wildman–Crippen MR) is 84.5 cm³/mol. The molecule has 6 heteroatoms. The second kappa shape index (κ2) is 7.39. The number of imidazole rings is 1. The summed E-state index contributed by atoms with van der Waals surface area (Å²) in [6.07, 6.45) is 1.16. The van der Waals surface area contributed by atoms with Crippen LogP contribution in [-0.2, 0) is 28.3 Å². The number of nitrogens with one attached hydrogen (secondary N) is 1. The Labute approximate surface area is 135 Å². The summed E-state index contributed by atoms with van der Waals surface area (Å²) in [5.74, 6) is -1.10. The van der Waals surface area contributed by atoms with Crippen LogP contribution in [0.4, 0.5) is 0 Å². The first-order chi connectivity index (χ1) is 10.9. The number of nitrogens with zero attached hydrogens (tertiary/aromatic N) is 1. The quantitative estimate of drug-likeness (QED) is 0.695. The maximum Gasteiger partial charge on any atom is 0.306 e. The minimum atomic E-state index is -1.52. The van der Waals surface area contributed by atoms with Crippen LogP contribution >= 0.6 is 0 Å². The number of aromatic nitrogens is 2. The molecule has 3 N–H and O–H groups in total. The maximum atomic E-state index is 11.0. The van der Waals surface area contributed by atoms with E-state index >= 15 is 0 Å². The highest BCUT2D eigenvalue weighted by atomic mass is 16.5. The normalized spacial score (nSPS) is 13.9. The van der Waals surface area contributed by atoms with Crippen LogP contribution in [0.2, 0.25) is 0 Å². The van der Waals surface area contributed by atoms with Gasteiger partial charge < -0.3 is 19.9 Å². The zero-order valence-electron chi connectivity index (χ0n) is 13.3. The first-order valence-electron chi connectivity index (χ1n) is 7.52. The van der Waals surface area contributed by atoms with E-state index in [1.165, 1.54) is 0 Å². The van der Waals surface area contributed by atoms with Gasteiger partial charge in [-0.25, -0.2) is 4.98 Å². The number of ether oxygens (including phenoxy) is 1. The smallest absolute Gasteiger partial charge is 0.306 e. The predicted octanol–water partition coefficient (Wildman–Crippen LogP) is 2.44. The van der Waals surface area contributed by atoms with Crippen LogP contribution in [0, 0.1) is 5.92 Å². The lowest BCUT2D eigenvalue weighted by Crippen LogP contribution is -2.36. The van der Waals surface area contributed by atoms with Crippen molar-refractivity contribution in [1.29, 1.82) is 0 Å². The number of aliphatic hydroxyl groups is 1. The van der Waals surface area contributed by atoms with Gasteiger partial charge in [0.2, 0.25) is 0 Å². The third-order valence-electron chi connectivity index (χ3n) is 3.78. The minimum Gasteiger partial charge on any atom is -0.481 e. The molecule has 124 valence electrons. The van der Waals surface area contributed by atoms with Gasteiger partial charge in [0.15, 0.2) is 0 Å². The Morgan fingerprint density at radius 2 is 2.00 bits per heavy atom. The van der Waals surface area contributed by atoms with Crippen molar-refractivity contribution < 1.29 is 19.7 Å². The fraction of sp³-hybridized carbons (Fsp3) is 0.412. The summed E-state index contributed by atoms with van der Waals surface area (Å²) >= 11 is 0. The Morgan fingerprint density at radius 1 is 1.30 bits per heavy atom. The molecule has 23 heavy (non-hydrogen) atoms. The van der Waals surface area contributed by atoms with Crippen molar-refractivity contribution in [2.75, 3.05) is 0 Å². The van der Waals surface area contributed by atoms with Gasteiger partial charge in [-0.2, -0.15) is 0 Å². The number of aromatic amines is 1. The molecule has 0 amide bonds. The molecule has 2 rings (SSSR count). The van der Waals surface area contributed by atoms with E-state index in [1.54, 1.807) is 20.0 Å². The van der Waals surface area contributed by atoms with Gasteiger partial charge in [-0.1, -0.05) is 44.2 Å². The van der Waals surface area contributed by atoms with Crippen LogP contribution in [0.1, 0.15) is 37.4 Å². The van der Waals surface area contributed by atoms with Crippen molar-refractivity contribution in [3.05, 3.63) is 53.6 Å². The second-order valence-electron chi connectivity index (χ2n) is 5.88. The number of H-pyrrole nitrogens is 1. The van der Waals surface area contributed by atoms with E-state index in [0.29, 0.717) is 18.9 Å². The van der Waals surface area contributed by atoms with Crippen LogP contribution in [0.15, 0.2) is 36.5 Å². The van der Waals surface area contributed by atoms with Gasteiger partial charge in [0.05, 0.1) is 31.5 Å². The Bertz CT molecular complexity index is 639. The Morgan fingerprint density at radius 3 is 2.61 bits per heavy atom. The zero-order chi connectivity index (χ0) is 16.9. The molecule has 0 radical (unpaired) electrons. The number of hydrogen-bond donors (Lipinski definition) is 3. The fourth-order valence-corrected chi connectivity index (χ4v) is 2.30. The van der Waals surface area contributed by atoms with Crippen molar-refractivity contribution in [2.45, 2.75) is 39.1 Å². The van der Waals surface area contributed by atoms with Gasteiger partial charge in [-0.15, -0.1) is 0 Å². The fourth-order valence-electron chi connectivity index (χ4n) is 2.30. The Hall–Kier alpha value is -2.18. The molecular formula is C17H22N2O4. The lowest BCUT2D eigenvalue weighted by atomic mass is 9.86. The van der Waals surface area contributed by atoms with E-state index in [1.807, 2.05) is 30.3 Å². The standard InChI is InChI=1S/C17H22N2O4/c1-12(2)17(22,8-15(20)21)16-18-9-14(19-16)11-23-10-13-6-4-3-5-7-13/h3-7,9,12,22H,8,10-11H2,1-2H3,(H,18,19)(H,20,21). The summed E-state index contributed by atoms with van der Waals surface area (Å²) < 4.78 is 5.60. The number of hydrogen-bond acceptors (Lipinski definition) is 4. The van der Waals surface area contributed by atoms with Crippen LogP contribution < -0.4 is 0 Å². The number of rotatable bonds is 8. The van der Waals surface area contributed by atoms with E-state index in [4.69, 9.17) is 9.84 Å². The third kappa shape index (κ3) is 4.40. The van der Waals surface area contributed by atoms with Crippen molar-refractivity contribution in [1.82, 2.24) is 9.97 Å². The first kappa shape index (κ1) is 17.2. The van der Waals surface area contributed by atoms with E-state index in [0.717, 1.165) is 5.56 Å². The van der Waals surface area contributed by atoms with Gasteiger partial charge in [0.1, 0.15) is 11.4 Å². The highest BCUT2D eigenvalue weighted by molar-refractivity contribution is 5.68. The summed E-state index contributed by atoms with van der Waals surface area (Å²) in [6, 6.07) is 9.79. The Balaban J connectivity index is 2.00. The molecule has 0 aliphatic heterocycles.